The molecular formula is C17H21N3O4S. The number of amides is 3. The number of benzene rings is 1. The smallest absolute Gasteiger partial charge is 0.337 e. The highest BCUT2D eigenvalue weighted by Gasteiger charge is 2.52. The SMILES string of the molecule is COC(=O)c1ccc(CN(C)CN2C(=O)N[C@@]3(CCSC3)C2=O)cc1. The summed E-state index contributed by atoms with van der Waals surface area (Å²) in [4.78, 5) is 39.5. The van der Waals surface area contributed by atoms with Crippen molar-refractivity contribution in [3.8, 4) is 0 Å². The summed E-state index contributed by atoms with van der Waals surface area (Å²) in [6, 6.07) is 6.76. The maximum atomic E-state index is 12.6. The van der Waals surface area contributed by atoms with E-state index in [1.54, 1.807) is 23.9 Å². The topological polar surface area (TPSA) is 79.0 Å². The monoisotopic (exact) mass is 363 g/mol. The van der Waals surface area contributed by atoms with Crippen molar-refractivity contribution in [3.63, 3.8) is 0 Å². The molecule has 1 N–H and O–H groups in total. The molecule has 7 nitrogen and oxygen atoms in total. The molecule has 2 aliphatic rings. The van der Waals surface area contributed by atoms with Crippen LogP contribution < -0.4 is 5.32 Å². The second-order valence-corrected chi connectivity index (χ2v) is 7.50. The molecule has 0 bridgehead atoms. The predicted octanol–water partition coefficient (Wildman–Crippen LogP) is 1.29. The van der Waals surface area contributed by atoms with Gasteiger partial charge in [0.15, 0.2) is 0 Å². The molecule has 1 aromatic rings. The van der Waals surface area contributed by atoms with Crippen LogP contribution in [0.5, 0.6) is 0 Å². The highest BCUT2D eigenvalue weighted by atomic mass is 32.2. The molecule has 0 saturated carbocycles. The molecule has 2 saturated heterocycles. The number of carbonyl (C=O) groups excluding carboxylic acids is 3. The van der Waals surface area contributed by atoms with Crippen molar-refractivity contribution in [2.75, 3.05) is 32.3 Å². The fourth-order valence-electron chi connectivity index (χ4n) is 3.10. The molecule has 1 spiro atoms. The third-order valence-electron chi connectivity index (χ3n) is 4.48. The van der Waals surface area contributed by atoms with Gasteiger partial charge in [0.05, 0.1) is 19.3 Å². The van der Waals surface area contributed by atoms with Gasteiger partial charge in [-0.3, -0.25) is 9.69 Å². The number of ether oxygens (including phenoxy) is 1. The number of carbonyl (C=O) groups is 3. The molecule has 0 unspecified atom stereocenters. The number of imide groups is 1. The Morgan fingerprint density at radius 2 is 2.08 bits per heavy atom. The summed E-state index contributed by atoms with van der Waals surface area (Å²) in [5, 5.41) is 2.86. The van der Waals surface area contributed by atoms with Crippen molar-refractivity contribution in [1.82, 2.24) is 15.1 Å². The van der Waals surface area contributed by atoms with Crippen molar-refractivity contribution in [3.05, 3.63) is 35.4 Å². The van der Waals surface area contributed by atoms with Gasteiger partial charge >= 0.3 is 12.0 Å². The number of hydrogen-bond acceptors (Lipinski definition) is 6. The van der Waals surface area contributed by atoms with Crippen LogP contribution in [0.1, 0.15) is 22.3 Å². The molecule has 0 aromatic heterocycles. The lowest BCUT2D eigenvalue weighted by atomic mass is 10.00. The number of hydrogen-bond donors (Lipinski definition) is 1. The summed E-state index contributed by atoms with van der Waals surface area (Å²) < 4.78 is 4.68. The van der Waals surface area contributed by atoms with Gasteiger partial charge in [0.2, 0.25) is 0 Å². The second-order valence-electron chi connectivity index (χ2n) is 6.39. The van der Waals surface area contributed by atoms with Crippen molar-refractivity contribution >= 4 is 29.7 Å². The van der Waals surface area contributed by atoms with Crippen LogP contribution in [0, 0.1) is 0 Å². The number of esters is 1. The van der Waals surface area contributed by atoms with E-state index in [0.717, 1.165) is 11.3 Å². The zero-order valence-electron chi connectivity index (χ0n) is 14.3. The first-order chi connectivity index (χ1) is 11.9. The largest absolute Gasteiger partial charge is 0.465 e. The van der Waals surface area contributed by atoms with E-state index in [2.05, 4.69) is 10.1 Å². The second kappa shape index (κ2) is 7.05. The summed E-state index contributed by atoms with van der Waals surface area (Å²) in [5.74, 6) is 1.03. The van der Waals surface area contributed by atoms with E-state index in [9.17, 15) is 14.4 Å². The molecule has 25 heavy (non-hydrogen) atoms. The van der Waals surface area contributed by atoms with E-state index in [1.807, 2.05) is 24.1 Å². The molecule has 2 heterocycles. The fourth-order valence-corrected chi connectivity index (χ4v) is 4.43. The molecule has 0 aliphatic carbocycles. The Morgan fingerprint density at radius 1 is 1.36 bits per heavy atom. The molecule has 1 atom stereocenters. The first kappa shape index (κ1) is 17.8. The van der Waals surface area contributed by atoms with E-state index in [0.29, 0.717) is 24.3 Å². The number of methoxy groups -OCH3 is 1. The average molecular weight is 363 g/mol. The summed E-state index contributed by atoms with van der Waals surface area (Å²) in [6.07, 6.45) is 0.692. The number of urea groups is 1. The van der Waals surface area contributed by atoms with Crippen LogP contribution in [0.2, 0.25) is 0 Å². The predicted molar refractivity (Wildman–Crippen MR) is 94.2 cm³/mol. The summed E-state index contributed by atoms with van der Waals surface area (Å²) >= 11 is 1.69. The Labute approximate surface area is 150 Å². The summed E-state index contributed by atoms with van der Waals surface area (Å²) in [6.45, 7) is 0.788. The molecular weight excluding hydrogens is 342 g/mol. The zero-order chi connectivity index (χ0) is 18.0. The van der Waals surface area contributed by atoms with Gasteiger partial charge in [-0.1, -0.05) is 12.1 Å². The Morgan fingerprint density at radius 3 is 2.68 bits per heavy atom. The highest BCUT2D eigenvalue weighted by molar-refractivity contribution is 7.99. The van der Waals surface area contributed by atoms with Gasteiger partial charge in [0.1, 0.15) is 5.54 Å². The van der Waals surface area contributed by atoms with Gasteiger partial charge in [-0.15, -0.1) is 0 Å². The average Bonchev–Trinajstić information content (AvgIpc) is 3.16. The van der Waals surface area contributed by atoms with Crippen LogP contribution >= 0.6 is 11.8 Å². The Balaban J connectivity index is 1.61. The molecule has 3 amide bonds. The molecule has 0 radical (unpaired) electrons. The van der Waals surface area contributed by atoms with Crippen LogP contribution in [0.4, 0.5) is 4.79 Å². The summed E-state index contributed by atoms with van der Waals surface area (Å²) in [7, 11) is 3.20. The normalized spacial score (nSPS) is 22.8. The van der Waals surface area contributed by atoms with Crippen LogP contribution in [0.15, 0.2) is 24.3 Å². The highest BCUT2D eigenvalue weighted by Crippen LogP contribution is 2.33. The third-order valence-corrected chi connectivity index (χ3v) is 5.67. The number of nitrogens with one attached hydrogen (secondary N) is 1. The van der Waals surface area contributed by atoms with Gasteiger partial charge in [0.25, 0.3) is 5.91 Å². The Hall–Kier alpha value is -2.06. The van der Waals surface area contributed by atoms with E-state index < -0.39 is 5.54 Å². The molecule has 134 valence electrons. The minimum atomic E-state index is -0.704. The van der Waals surface area contributed by atoms with Gasteiger partial charge in [-0.25, -0.2) is 14.5 Å². The first-order valence-electron chi connectivity index (χ1n) is 8.03. The van der Waals surface area contributed by atoms with Gasteiger partial charge in [-0.05, 0) is 36.9 Å². The van der Waals surface area contributed by atoms with E-state index in [4.69, 9.17) is 0 Å². The van der Waals surface area contributed by atoms with E-state index in [1.165, 1.54) is 12.0 Å². The minimum absolute atomic E-state index is 0.129. The Bertz CT molecular complexity index is 686. The van der Waals surface area contributed by atoms with Crippen molar-refractivity contribution in [2.45, 2.75) is 18.5 Å². The summed E-state index contributed by atoms with van der Waals surface area (Å²) in [5.41, 5.74) is 0.766. The lowest BCUT2D eigenvalue weighted by molar-refractivity contribution is -0.131. The quantitative estimate of drug-likeness (QED) is 0.627. The van der Waals surface area contributed by atoms with E-state index in [-0.39, 0.29) is 24.6 Å². The first-order valence-corrected chi connectivity index (χ1v) is 9.18. The molecule has 2 aliphatic heterocycles. The van der Waals surface area contributed by atoms with Crippen molar-refractivity contribution in [1.29, 1.82) is 0 Å². The van der Waals surface area contributed by atoms with Crippen LogP contribution in [0.25, 0.3) is 0 Å². The van der Waals surface area contributed by atoms with Gasteiger partial charge < -0.3 is 10.1 Å². The lowest BCUT2D eigenvalue weighted by Gasteiger charge is -2.23. The van der Waals surface area contributed by atoms with Crippen LogP contribution in [-0.2, 0) is 16.1 Å². The maximum absolute atomic E-state index is 12.6. The molecule has 1 aromatic carbocycles. The fraction of sp³-hybridized carbons (Fsp3) is 0.471. The molecule has 3 rings (SSSR count). The van der Waals surface area contributed by atoms with Crippen molar-refractivity contribution in [2.24, 2.45) is 0 Å². The lowest BCUT2D eigenvalue weighted by Crippen LogP contribution is -2.47. The van der Waals surface area contributed by atoms with Crippen LogP contribution in [0.3, 0.4) is 0 Å². The van der Waals surface area contributed by atoms with Gasteiger partial charge in [0, 0.05) is 12.3 Å². The zero-order valence-corrected chi connectivity index (χ0v) is 15.1. The van der Waals surface area contributed by atoms with Crippen molar-refractivity contribution < 1.29 is 19.1 Å². The minimum Gasteiger partial charge on any atom is -0.465 e. The number of rotatable bonds is 5. The Kier molecular flexibility index (Phi) is 5.01. The standard InChI is InChI=1S/C17H21N3O4S/c1-19(9-12-3-5-13(6-4-12)14(21)24-2)11-20-15(22)17(18-16(20)23)7-8-25-10-17/h3-6H,7-11H2,1-2H3,(H,18,23)/t17-/m1/s1. The third kappa shape index (κ3) is 3.50. The molecule has 2 fully saturated rings. The maximum Gasteiger partial charge on any atom is 0.337 e. The van der Waals surface area contributed by atoms with Gasteiger partial charge in [-0.2, -0.15) is 11.8 Å². The number of nitrogens with zero attached hydrogens (tertiary/aromatic N) is 2. The van der Waals surface area contributed by atoms with Crippen LogP contribution in [-0.4, -0.2) is 65.6 Å². The molecule has 8 heteroatoms. The van der Waals surface area contributed by atoms with E-state index >= 15 is 0 Å². The number of thioether (sulfide) groups is 1.